The van der Waals surface area contributed by atoms with Crippen LogP contribution in [0.5, 0.6) is 28.7 Å². The lowest BCUT2D eigenvalue weighted by atomic mass is 10.1. The minimum Gasteiger partial charge on any atom is -0.504 e. The summed E-state index contributed by atoms with van der Waals surface area (Å²) in [6, 6.07) is 9.25. The Balaban J connectivity index is 2.49. The highest BCUT2D eigenvalue weighted by atomic mass is 16.5. The van der Waals surface area contributed by atoms with E-state index in [-0.39, 0.29) is 36.0 Å². The summed E-state index contributed by atoms with van der Waals surface area (Å²) in [5.41, 5.74) is 0.618. The first kappa shape index (κ1) is 18.4. The second-order valence-corrected chi connectivity index (χ2v) is 5.10. The predicted octanol–water partition coefficient (Wildman–Crippen LogP) is 2.52. The van der Waals surface area contributed by atoms with Gasteiger partial charge in [-0.15, -0.1) is 0 Å². The molecule has 0 saturated heterocycles. The van der Waals surface area contributed by atoms with Crippen LogP contribution in [0.25, 0.3) is 0 Å². The van der Waals surface area contributed by atoms with Gasteiger partial charge in [0.25, 0.3) is 0 Å². The zero-order chi connectivity index (χ0) is 18.4. The van der Waals surface area contributed by atoms with Crippen molar-refractivity contribution in [3.05, 3.63) is 41.5 Å². The van der Waals surface area contributed by atoms with Crippen molar-refractivity contribution < 1.29 is 34.0 Å². The number of phenols is 2. The number of carbonyl (C=O) groups is 1. The Morgan fingerprint density at radius 2 is 1.56 bits per heavy atom. The first-order chi connectivity index (χ1) is 12.0. The SMILES string of the molecule is COCC(=O)c1c(O)c(OC)c(OCc2ccccc2)c(O)c1OC. The van der Waals surface area contributed by atoms with Gasteiger partial charge in [-0.1, -0.05) is 30.3 Å². The predicted molar refractivity (Wildman–Crippen MR) is 89.9 cm³/mol. The lowest BCUT2D eigenvalue weighted by molar-refractivity contribution is 0.0840. The number of hydrogen-bond acceptors (Lipinski definition) is 7. The Labute approximate surface area is 145 Å². The fourth-order valence-corrected chi connectivity index (χ4v) is 2.37. The monoisotopic (exact) mass is 348 g/mol. The first-order valence-electron chi connectivity index (χ1n) is 7.43. The van der Waals surface area contributed by atoms with Gasteiger partial charge >= 0.3 is 0 Å². The van der Waals surface area contributed by atoms with Crippen molar-refractivity contribution in [2.75, 3.05) is 27.9 Å². The molecule has 25 heavy (non-hydrogen) atoms. The van der Waals surface area contributed by atoms with E-state index in [0.29, 0.717) is 0 Å². The van der Waals surface area contributed by atoms with Gasteiger partial charge in [-0.3, -0.25) is 4.79 Å². The highest BCUT2D eigenvalue weighted by Crippen LogP contribution is 2.52. The minimum absolute atomic E-state index is 0.116. The standard InChI is InChI=1S/C18H20O7/c1-22-10-12(19)13-14(20)17(24-3)18(15(21)16(13)23-2)25-9-11-7-5-4-6-8-11/h4-8,20-21H,9-10H2,1-3H3. The number of methoxy groups -OCH3 is 3. The van der Waals surface area contributed by atoms with E-state index in [0.717, 1.165) is 5.56 Å². The van der Waals surface area contributed by atoms with Crippen LogP contribution in [-0.2, 0) is 11.3 Å². The minimum atomic E-state index is -0.569. The van der Waals surface area contributed by atoms with Crippen LogP contribution in [0.3, 0.4) is 0 Å². The lowest BCUT2D eigenvalue weighted by Crippen LogP contribution is -2.11. The Morgan fingerprint density at radius 3 is 2.12 bits per heavy atom. The topological polar surface area (TPSA) is 94.5 Å². The van der Waals surface area contributed by atoms with E-state index in [4.69, 9.17) is 18.9 Å². The van der Waals surface area contributed by atoms with E-state index in [2.05, 4.69) is 0 Å². The molecule has 0 fully saturated rings. The summed E-state index contributed by atoms with van der Waals surface area (Å²) in [7, 11) is 3.91. The van der Waals surface area contributed by atoms with Gasteiger partial charge in [-0.2, -0.15) is 0 Å². The molecule has 2 aromatic carbocycles. The maximum Gasteiger partial charge on any atom is 0.211 e. The number of Topliss-reactive ketones (excluding diaryl/α,β-unsaturated/α-hetero) is 1. The highest BCUT2D eigenvalue weighted by molar-refractivity contribution is 6.04. The van der Waals surface area contributed by atoms with Gasteiger partial charge in [0.2, 0.25) is 17.2 Å². The average molecular weight is 348 g/mol. The molecule has 0 amide bonds. The normalized spacial score (nSPS) is 10.4. The van der Waals surface area contributed by atoms with Gasteiger partial charge in [-0.05, 0) is 5.56 Å². The van der Waals surface area contributed by atoms with Crippen LogP contribution in [0, 0.1) is 0 Å². The zero-order valence-electron chi connectivity index (χ0n) is 14.2. The summed E-state index contributed by atoms with van der Waals surface area (Å²) < 4.78 is 20.6. The third-order valence-electron chi connectivity index (χ3n) is 3.50. The second kappa shape index (κ2) is 8.25. The number of benzene rings is 2. The van der Waals surface area contributed by atoms with Crippen molar-refractivity contribution in [1.29, 1.82) is 0 Å². The smallest absolute Gasteiger partial charge is 0.211 e. The molecule has 0 heterocycles. The number of phenolic OH excluding ortho intramolecular Hbond substituents is 2. The van der Waals surface area contributed by atoms with Crippen LogP contribution in [0.15, 0.2) is 30.3 Å². The number of ether oxygens (including phenoxy) is 4. The molecule has 2 aromatic rings. The first-order valence-corrected chi connectivity index (χ1v) is 7.43. The van der Waals surface area contributed by atoms with Crippen LogP contribution in [0.4, 0.5) is 0 Å². The third kappa shape index (κ3) is 3.77. The molecule has 0 aliphatic carbocycles. The summed E-state index contributed by atoms with van der Waals surface area (Å²) >= 11 is 0. The fourth-order valence-electron chi connectivity index (χ4n) is 2.37. The van der Waals surface area contributed by atoms with Crippen LogP contribution in [0.2, 0.25) is 0 Å². The van der Waals surface area contributed by atoms with Gasteiger partial charge in [-0.25, -0.2) is 0 Å². The number of ketones is 1. The van der Waals surface area contributed by atoms with Crippen molar-refractivity contribution in [1.82, 2.24) is 0 Å². The van der Waals surface area contributed by atoms with E-state index in [1.54, 1.807) is 0 Å². The van der Waals surface area contributed by atoms with Crippen LogP contribution < -0.4 is 14.2 Å². The fraction of sp³-hybridized carbons (Fsp3) is 0.278. The summed E-state index contributed by atoms with van der Waals surface area (Å²) in [5.74, 6) is -1.97. The summed E-state index contributed by atoms with van der Waals surface area (Å²) in [5, 5.41) is 20.9. The average Bonchev–Trinajstić information content (AvgIpc) is 2.62. The summed E-state index contributed by atoms with van der Waals surface area (Å²) in [6.07, 6.45) is 0. The van der Waals surface area contributed by atoms with E-state index in [9.17, 15) is 15.0 Å². The van der Waals surface area contributed by atoms with Gasteiger partial charge in [0.15, 0.2) is 17.3 Å². The molecule has 0 saturated carbocycles. The van der Waals surface area contributed by atoms with Crippen LogP contribution >= 0.6 is 0 Å². The Kier molecular flexibility index (Phi) is 6.08. The number of carbonyl (C=O) groups excluding carboxylic acids is 1. The molecule has 0 aliphatic heterocycles. The Morgan fingerprint density at radius 1 is 0.920 bits per heavy atom. The second-order valence-electron chi connectivity index (χ2n) is 5.10. The molecule has 7 nitrogen and oxygen atoms in total. The van der Waals surface area contributed by atoms with Crippen molar-refractivity contribution in [3.8, 4) is 28.7 Å². The van der Waals surface area contributed by atoms with Gasteiger partial charge in [0.05, 0.1) is 14.2 Å². The molecule has 0 aromatic heterocycles. The molecular formula is C18H20O7. The van der Waals surface area contributed by atoms with E-state index < -0.39 is 17.3 Å². The summed E-state index contributed by atoms with van der Waals surface area (Å²) in [6.45, 7) is -0.171. The van der Waals surface area contributed by atoms with Gasteiger partial charge in [0, 0.05) is 7.11 Å². The quantitative estimate of drug-likeness (QED) is 0.559. The van der Waals surface area contributed by atoms with E-state index in [1.807, 2.05) is 30.3 Å². The van der Waals surface area contributed by atoms with Crippen molar-refractivity contribution in [2.24, 2.45) is 0 Å². The number of hydrogen-bond donors (Lipinski definition) is 2. The Hall–Kier alpha value is -2.93. The molecular weight excluding hydrogens is 328 g/mol. The van der Waals surface area contributed by atoms with Crippen molar-refractivity contribution in [2.45, 2.75) is 6.61 Å². The largest absolute Gasteiger partial charge is 0.504 e. The molecule has 0 unspecified atom stereocenters. The number of rotatable bonds is 8. The number of aromatic hydroxyl groups is 2. The summed E-state index contributed by atoms with van der Waals surface area (Å²) in [4.78, 5) is 12.2. The highest BCUT2D eigenvalue weighted by Gasteiger charge is 2.30. The molecule has 0 spiro atoms. The van der Waals surface area contributed by atoms with Crippen LogP contribution in [-0.4, -0.2) is 43.9 Å². The van der Waals surface area contributed by atoms with Gasteiger partial charge < -0.3 is 29.2 Å². The maximum atomic E-state index is 12.2. The van der Waals surface area contributed by atoms with Crippen LogP contribution in [0.1, 0.15) is 15.9 Å². The van der Waals surface area contributed by atoms with E-state index >= 15 is 0 Å². The molecule has 0 radical (unpaired) electrons. The molecule has 134 valence electrons. The molecule has 7 heteroatoms. The molecule has 0 aliphatic rings. The van der Waals surface area contributed by atoms with E-state index in [1.165, 1.54) is 21.3 Å². The maximum absolute atomic E-state index is 12.2. The molecule has 2 rings (SSSR count). The van der Waals surface area contributed by atoms with Crippen molar-refractivity contribution >= 4 is 5.78 Å². The molecule has 2 N–H and O–H groups in total. The van der Waals surface area contributed by atoms with Gasteiger partial charge in [0.1, 0.15) is 18.8 Å². The third-order valence-corrected chi connectivity index (χ3v) is 3.50. The Bertz CT molecular complexity index is 741. The zero-order valence-corrected chi connectivity index (χ0v) is 14.2. The van der Waals surface area contributed by atoms with Crippen molar-refractivity contribution in [3.63, 3.8) is 0 Å². The molecule has 0 bridgehead atoms. The lowest BCUT2D eigenvalue weighted by Gasteiger charge is -2.19. The molecule has 0 atom stereocenters.